The lowest BCUT2D eigenvalue weighted by Gasteiger charge is -2.01. The van der Waals surface area contributed by atoms with Gasteiger partial charge in [-0.2, -0.15) is 0 Å². The van der Waals surface area contributed by atoms with Gasteiger partial charge in [0.1, 0.15) is 10.6 Å². The summed E-state index contributed by atoms with van der Waals surface area (Å²) in [4.78, 5) is -0.234. The Hall–Kier alpha value is -1.07. The molecule has 0 bridgehead atoms. The number of aryl methyl sites for hydroxylation is 1. The van der Waals surface area contributed by atoms with Crippen LogP contribution in [0.3, 0.4) is 0 Å². The van der Waals surface area contributed by atoms with E-state index < -0.39 is 10.0 Å². The largest absolute Gasteiger partial charge is 0.507 e. The van der Waals surface area contributed by atoms with Crippen molar-refractivity contribution in [1.82, 2.24) is 0 Å². The lowest BCUT2D eigenvalue weighted by molar-refractivity contribution is 0.458. The van der Waals surface area contributed by atoms with Crippen molar-refractivity contribution in [3.05, 3.63) is 23.8 Å². The molecule has 0 radical (unpaired) electrons. The van der Waals surface area contributed by atoms with Gasteiger partial charge in [0.25, 0.3) is 0 Å². The number of hydrogen-bond acceptors (Lipinski definition) is 3. The average molecular weight is 187 g/mol. The van der Waals surface area contributed by atoms with Gasteiger partial charge >= 0.3 is 0 Å². The van der Waals surface area contributed by atoms with Crippen molar-refractivity contribution in [2.45, 2.75) is 11.8 Å². The predicted octanol–water partition coefficient (Wildman–Crippen LogP) is 0.348. The molecule has 1 aromatic carbocycles. The smallest absolute Gasteiger partial charge is 0.241 e. The number of hydrogen-bond donors (Lipinski definition) is 2. The molecule has 66 valence electrons. The lowest BCUT2D eigenvalue weighted by atomic mass is 10.2. The van der Waals surface area contributed by atoms with E-state index in [1.54, 1.807) is 13.0 Å². The molecule has 0 saturated heterocycles. The summed E-state index contributed by atoms with van der Waals surface area (Å²) in [6.45, 7) is 1.72. The van der Waals surface area contributed by atoms with Crippen molar-refractivity contribution in [3.63, 3.8) is 0 Å². The zero-order chi connectivity index (χ0) is 9.35. The van der Waals surface area contributed by atoms with Crippen LogP contribution in [0.4, 0.5) is 0 Å². The van der Waals surface area contributed by atoms with Gasteiger partial charge in [0.2, 0.25) is 10.0 Å². The molecule has 0 heterocycles. The summed E-state index contributed by atoms with van der Waals surface area (Å²) in [6.07, 6.45) is 0. The Morgan fingerprint density at radius 2 is 2.00 bits per heavy atom. The molecule has 0 atom stereocenters. The average Bonchev–Trinajstić information content (AvgIpc) is 1.92. The van der Waals surface area contributed by atoms with Crippen molar-refractivity contribution in [2.24, 2.45) is 5.14 Å². The van der Waals surface area contributed by atoms with Crippen LogP contribution in [0.1, 0.15) is 5.56 Å². The van der Waals surface area contributed by atoms with Crippen molar-refractivity contribution in [3.8, 4) is 5.75 Å². The Bertz CT molecular complexity index is 397. The molecule has 4 nitrogen and oxygen atoms in total. The highest BCUT2D eigenvalue weighted by molar-refractivity contribution is 7.89. The molecule has 0 aliphatic rings. The number of benzene rings is 1. The van der Waals surface area contributed by atoms with Gasteiger partial charge < -0.3 is 5.11 Å². The summed E-state index contributed by atoms with van der Waals surface area (Å²) in [6, 6.07) is 4.23. The van der Waals surface area contributed by atoms with Crippen molar-refractivity contribution in [1.29, 1.82) is 0 Å². The van der Waals surface area contributed by atoms with E-state index in [0.29, 0.717) is 0 Å². The highest BCUT2D eigenvalue weighted by Gasteiger charge is 2.12. The van der Waals surface area contributed by atoms with E-state index in [1.165, 1.54) is 12.1 Å². The molecule has 0 aromatic heterocycles. The first-order valence-electron chi connectivity index (χ1n) is 3.23. The topological polar surface area (TPSA) is 80.4 Å². The molecule has 0 aliphatic heterocycles. The Labute approximate surface area is 70.7 Å². The number of phenolic OH excluding ortho intramolecular Hbond substituents is 1. The number of sulfonamides is 1. The fourth-order valence-electron chi connectivity index (χ4n) is 0.849. The van der Waals surface area contributed by atoms with E-state index in [4.69, 9.17) is 10.2 Å². The normalized spacial score (nSPS) is 11.5. The summed E-state index contributed by atoms with van der Waals surface area (Å²) in [5, 5.41) is 14.0. The number of nitrogens with two attached hydrogens (primary N) is 1. The highest BCUT2D eigenvalue weighted by atomic mass is 32.2. The summed E-state index contributed by atoms with van der Waals surface area (Å²) >= 11 is 0. The van der Waals surface area contributed by atoms with Gasteiger partial charge in [0.15, 0.2) is 0 Å². The fourth-order valence-corrected chi connectivity index (χ4v) is 1.56. The maximum absolute atomic E-state index is 10.8. The first-order chi connectivity index (χ1) is 5.41. The minimum atomic E-state index is -3.81. The Morgan fingerprint density at radius 3 is 2.42 bits per heavy atom. The van der Waals surface area contributed by atoms with Crippen LogP contribution < -0.4 is 5.14 Å². The van der Waals surface area contributed by atoms with Crippen LogP contribution in [0.25, 0.3) is 0 Å². The molecular weight excluding hydrogens is 178 g/mol. The maximum Gasteiger partial charge on any atom is 0.241 e. The van der Waals surface area contributed by atoms with E-state index in [0.717, 1.165) is 5.56 Å². The first kappa shape index (κ1) is 9.02. The van der Waals surface area contributed by atoms with E-state index in [2.05, 4.69) is 0 Å². The van der Waals surface area contributed by atoms with E-state index in [1.807, 2.05) is 0 Å². The summed E-state index contributed by atoms with van der Waals surface area (Å²) in [5.41, 5.74) is 0.733. The maximum atomic E-state index is 10.8. The van der Waals surface area contributed by atoms with Crippen molar-refractivity contribution >= 4 is 10.0 Å². The van der Waals surface area contributed by atoms with Crippen LogP contribution in [-0.4, -0.2) is 13.5 Å². The second kappa shape index (κ2) is 2.76. The molecule has 0 fully saturated rings. The minimum Gasteiger partial charge on any atom is -0.507 e. The van der Waals surface area contributed by atoms with Crippen LogP contribution >= 0.6 is 0 Å². The predicted molar refractivity (Wildman–Crippen MR) is 44.2 cm³/mol. The quantitative estimate of drug-likeness (QED) is 0.665. The van der Waals surface area contributed by atoms with Gasteiger partial charge in [0, 0.05) is 0 Å². The third kappa shape index (κ3) is 1.75. The molecule has 0 spiro atoms. The number of rotatable bonds is 1. The molecule has 1 aromatic rings. The Kier molecular flexibility index (Phi) is 2.08. The van der Waals surface area contributed by atoms with E-state index in [9.17, 15) is 8.42 Å². The number of phenols is 1. The zero-order valence-electron chi connectivity index (χ0n) is 6.48. The molecule has 0 amide bonds. The van der Waals surface area contributed by atoms with Crippen LogP contribution in [0.15, 0.2) is 23.1 Å². The van der Waals surface area contributed by atoms with E-state index >= 15 is 0 Å². The number of aromatic hydroxyl groups is 1. The van der Waals surface area contributed by atoms with Crippen LogP contribution in [0.5, 0.6) is 5.75 Å². The third-order valence-corrected chi connectivity index (χ3v) is 2.36. The molecule has 5 heteroatoms. The van der Waals surface area contributed by atoms with Crippen molar-refractivity contribution < 1.29 is 13.5 Å². The van der Waals surface area contributed by atoms with Gasteiger partial charge in [-0.3, -0.25) is 0 Å². The van der Waals surface area contributed by atoms with Gasteiger partial charge in [-0.1, -0.05) is 6.07 Å². The van der Waals surface area contributed by atoms with Crippen LogP contribution in [0.2, 0.25) is 0 Å². The standard InChI is InChI=1S/C7H9NO3S/c1-5-2-3-6(9)7(4-5)12(8,10)11/h2-4,9H,1H3,(H2,8,10,11). The molecule has 3 N–H and O–H groups in total. The fraction of sp³-hybridized carbons (Fsp3) is 0.143. The second-order valence-corrected chi connectivity index (χ2v) is 4.05. The first-order valence-corrected chi connectivity index (χ1v) is 4.78. The molecule has 1 rings (SSSR count). The Balaban J connectivity index is 3.43. The molecule has 12 heavy (non-hydrogen) atoms. The minimum absolute atomic E-state index is 0.234. The Morgan fingerprint density at radius 1 is 1.42 bits per heavy atom. The summed E-state index contributed by atoms with van der Waals surface area (Å²) in [5.74, 6) is -0.317. The molecular formula is C7H9NO3S. The lowest BCUT2D eigenvalue weighted by Crippen LogP contribution is -2.12. The molecule has 0 unspecified atom stereocenters. The number of primary sulfonamides is 1. The van der Waals surface area contributed by atoms with Crippen LogP contribution in [0, 0.1) is 6.92 Å². The SMILES string of the molecule is Cc1ccc(O)c(S(N)(=O)=O)c1. The van der Waals surface area contributed by atoms with Gasteiger partial charge in [0.05, 0.1) is 0 Å². The summed E-state index contributed by atoms with van der Waals surface area (Å²) < 4.78 is 21.6. The molecule has 0 saturated carbocycles. The third-order valence-electron chi connectivity index (χ3n) is 1.42. The highest BCUT2D eigenvalue weighted by Crippen LogP contribution is 2.21. The second-order valence-electron chi connectivity index (χ2n) is 2.52. The monoisotopic (exact) mass is 187 g/mol. The van der Waals surface area contributed by atoms with Crippen molar-refractivity contribution in [2.75, 3.05) is 0 Å². The summed E-state index contributed by atoms with van der Waals surface area (Å²) in [7, 11) is -3.81. The van der Waals surface area contributed by atoms with Gasteiger partial charge in [-0.25, -0.2) is 13.6 Å². The zero-order valence-corrected chi connectivity index (χ0v) is 7.30. The molecule has 0 aliphatic carbocycles. The van der Waals surface area contributed by atoms with Crippen LogP contribution in [-0.2, 0) is 10.0 Å². The van der Waals surface area contributed by atoms with Gasteiger partial charge in [-0.15, -0.1) is 0 Å². The van der Waals surface area contributed by atoms with E-state index in [-0.39, 0.29) is 10.6 Å². The van der Waals surface area contributed by atoms with Gasteiger partial charge in [-0.05, 0) is 24.6 Å².